The second kappa shape index (κ2) is 5.67. The quantitative estimate of drug-likeness (QED) is 0.927. The SMILES string of the molecule is Cc1ccc(C(C)C)cc1S(=O)(=O)Nc1ccccc1. The van der Waals surface area contributed by atoms with Crippen LogP contribution < -0.4 is 4.72 Å². The van der Waals surface area contributed by atoms with E-state index < -0.39 is 10.0 Å². The number of sulfonamides is 1. The minimum atomic E-state index is -3.55. The Morgan fingerprint density at radius 3 is 2.25 bits per heavy atom. The number of hydrogen-bond donors (Lipinski definition) is 1. The van der Waals surface area contributed by atoms with Crippen molar-refractivity contribution in [3.63, 3.8) is 0 Å². The maximum absolute atomic E-state index is 12.5. The topological polar surface area (TPSA) is 46.2 Å². The van der Waals surface area contributed by atoms with Crippen molar-refractivity contribution in [1.29, 1.82) is 0 Å². The summed E-state index contributed by atoms with van der Waals surface area (Å²) in [6.45, 7) is 5.90. The molecule has 0 aliphatic heterocycles. The molecule has 0 aliphatic carbocycles. The van der Waals surface area contributed by atoms with Crippen molar-refractivity contribution in [1.82, 2.24) is 0 Å². The number of aryl methyl sites for hydroxylation is 1. The van der Waals surface area contributed by atoms with Gasteiger partial charge in [0.05, 0.1) is 4.90 Å². The summed E-state index contributed by atoms with van der Waals surface area (Å²) in [5, 5.41) is 0. The maximum atomic E-state index is 12.5. The number of rotatable bonds is 4. The molecule has 0 fully saturated rings. The second-order valence-corrected chi connectivity index (χ2v) is 6.80. The number of hydrogen-bond acceptors (Lipinski definition) is 2. The first-order chi connectivity index (χ1) is 9.40. The zero-order valence-electron chi connectivity index (χ0n) is 11.9. The average Bonchev–Trinajstić information content (AvgIpc) is 2.39. The van der Waals surface area contributed by atoms with Gasteiger partial charge in [-0.15, -0.1) is 0 Å². The molecule has 0 unspecified atom stereocenters. The van der Waals surface area contributed by atoms with Crippen molar-refractivity contribution < 1.29 is 8.42 Å². The zero-order chi connectivity index (χ0) is 14.8. The first kappa shape index (κ1) is 14.6. The lowest BCUT2D eigenvalue weighted by molar-refractivity contribution is 0.600. The number of para-hydroxylation sites is 1. The summed E-state index contributed by atoms with van der Waals surface area (Å²) in [5.41, 5.74) is 2.34. The van der Waals surface area contributed by atoms with Gasteiger partial charge in [0.15, 0.2) is 0 Å². The van der Waals surface area contributed by atoms with Crippen LogP contribution in [0.4, 0.5) is 5.69 Å². The highest BCUT2D eigenvalue weighted by Gasteiger charge is 2.18. The van der Waals surface area contributed by atoms with E-state index in [9.17, 15) is 8.42 Å². The van der Waals surface area contributed by atoms with E-state index in [1.807, 2.05) is 39.0 Å². The molecule has 2 aromatic carbocycles. The molecule has 0 amide bonds. The van der Waals surface area contributed by atoms with Gasteiger partial charge in [0.2, 0.25) is 0 Å². The average molecular weight is 289 g/mol. The minimum absolute atomic E-state index is 0.293. The van der Waals surface area contributed by atoms with E-state index in [1.54, 1.807) is 30.3 Å². The molecule has 0 saturated heterocycles. The van der Waals surface area contributed by atoms with Crippen molar-refractivity contribution >= 4 is 15.7 Å². The van der Waals surface area contributed by atoms with E-state index in [0.29, 0.717) is 16.5 Å². The number of nitrogens with one attached hydrogen (secondary N) is 1. The van der Waals surface area contributed by atoms with Crippen LogP contribution in [-0.2, 0) is 10.0 Å². The van der Waals surface area contributed by atoms with Gasteiger partial charge in [-0.1, -0.05) is 44.2 Å². The van der Waals surface area contributed by atoms with Crippen LogP contribution in [0.3, 0.4) is 0 Å². The minimum Gasteiger partial charge on any atom is -0.280 e. The molecule has 0 aliphatic rings. The molecular formula is C16H19NO2S. The first-order valence-corrected chi connectivity index (χ1v) is 8.07. The van der Waals surface area contributed by atoms with Crippen LogP contribution in [0.15, 0.2) is 53.4 Å². The number of anilines is 1. The third-order valence-electron chi connectivity index (χ3n) is 3.19. The summed E-state index contributed by atoms with van der Waals surface area (Å²) >= 11 is 0. The fraction of sp³-hybridized carbons (Fsp3) is 0.250. The molecule has 106 valence electrons. The molecule has 3 nitrogen and oxygen atoms in total. The zero-order valence-corrected chi connectivity index (χ0v) is 12.7. The van der Waals surface area contributed by atoms with Crippen molar-refractivity contribution in [2.45, 2.75) is 31.6 Å². The largest absolute Gasteiger partial charge is 0.280 e. The molecule has 0 bridgehead atoms. The van der Waals surface area contributed by atoms with Crippen LogP contribution in [0.25, 0.3) is 0 Å². The van der Waals surface area contributed by atoms with Crippen LogP contribution in [0, 0.1) is 6.92 Å². The highest BCUT2D eigenvalue weighted by molar-refractivity contribution is 7.92. The first-order valence-electron chi connectivity index (χ1n) is 6.58. The highest BCUT2D eigenvalue weighted by atomic mass is 32.2. The van der Waals surface area contributed by atoms with Gasteiger partial charge < -0.3 is 0 Å². The van der Waals surface area contributed by atoms with Crippen LogP contribution >= 0.6 is 0 Å². The van der Waals surface area contributed by atoms with Crippen LogP contribution in [0.1, 0.15) is 30.9 Å². The monoisotopic (exact) mass is 289 g/mol. The van der Waals surface area contributed by atoms with Gasteiger partial charge >= 0.3 is 0 Å². The Balaban J connectivity index is 2.41. The van der Waals surface area contributed by atoms with Crippen LogP contribution in [0.2, 0.25) is 0 Å². The van der Waals surface area contributed by atoms with Crippen molar-refractivity contribution in [2.24, 2.45) is 0 Å². The van der Waals surface area contributed by atoms with Crippen LogP contribution in [0.5, 0.6) is 0 Å². The molecular weight excluding hydrogens is 270 g/mol. The van der Waals surface area contributed by atoms with E-state index >= 15 is 0 Å². The fourth-order valence-electron chi connectivity index (χ4n) is 1.98. The highest BCUT2D eigenvalue weighted by Crippen LogP contribution is 2.24. The lowest BCUT2D eigenvalue weighted by Gasteiger charge is -2.13. The van der Waals surface area contributed by atoms with Gasteiger partial charge in [0, 0.05) is 5.69 Å². The molecule has 4 heteroatoms. The summed E-state index contributed by atoms with van der Waals surface area (Å²) in [7, 11) is -3.55. The fourth-order valence-corrected chi connectivity index (χ4v) is 3.32. The van der Waals surface area contributed by atoms with E-state index in [0.717, 1.165) is 11.1 Å². The molecule has 0 aromatic heterocycles. The summed E-state index contributed by atoms with van der Waals surface area (Å²) in [6, 6.07) is 14.5. The summed E-state index contributed by atoms with van der Waals surface area (Å²) in [6.07, 6.45) is 0. The lowest BCUT2D eigenvalue weighted by atomic mass is 10.0. The predicted octanol–water partition coefficient (Wildman–Crippen LogP) is 3.92. The molecule has 0 atom stereocenters. The second-order valence-electron chi connectivity index (χ2n) is 5.15. The summed E-state index contributed by atoms with van der Waals surface area (Å²) in [5.74, 6) is 0.293. The molecule has 1 N–H and O–H groups in total. The van der Waals surface area contributed by atoms with Gasteiger partial charge in [0.1, 0.15) is 0 Å². The maximum Gasteiger partial charge on any atom is 0.262 e. The smallest absolute Gasteiger partial charge is 0.262 e. The predicted molar refractivity (Wildman–Crippen MR) is 82.5 cm³/mol. The third-order valence-corrected chi connectivity index (χ3v) is 4.72. The van der Waals surface area contributed by atoms with E-state index in [1.165, 1.54) is 0 Å². The summed E-state index contributed by atoms with van der Waals surface area (Å²) < 4.78 is 27.6. The molecule has 0 saturated carbocycles. The van der Waals surface area contributed by atoms with Gasteiger partial charge in [-0.25, -0.2) is 8.42 Å². The molecule has 0 spiro atoms. The van der Waals surface area contributed by atoms with Crippen molar-refractivity contribution in [2.75, 3.05) is 4.72 Å². The lowest BCUT2D eigenvalue weighted by Crippen LogP contribution is -2.14. The Hall–Kier alpha value is -1.81. The van der Waals surface area contributed by atoms with Gasteiger partial charge in [-0.2, -0.15) is 0 Å². The van der Waals surface area contributed by atoms with E-state index in [2.05, 4.69) is 4.72 Å². The van der Waals surface area contributed by atoms with Crippen molar-refractivity contribution in [3.05, 3.63) is 59.7 Å². The molecule has 0 radical (unpaired) electrons. The van der Waals surface area contributed by atoms with E-state index in [-0.39, 0.29) is 0 Å². The molecule has 20 heavy (non-hydrogen) atoms. The standard InChI is InChI=1S/C16H19NO2S/c1-12(2)14-10-9-13(3)16(11-14)20(18,19)17-15-7-5-4-6-8-15/h4-12,17H,1-3H3. The Bertz CT molecular complexity index is 692. The normalized spacial score (nSPS) is 11.6. The Morgan fingerprint density at radius 2 is 1.65 bits per heavy atom. The molecule has 2 rings (SSSR count). The summed E-state index contributed by atoms with van der Waals surface area (Å²) in [4.78, 5) is 0.340. The number of benzene rings is 2. The van der Waals surface area contributed by atoms with Gasteiger partial charge in [0.25, 0.3) is 10.0 Å². The third kappa shape index (κ3) is 3.20. The van der Waals surface area contributed by atoms with Crippen LogP contribution in [-0.4, -0.2) is 8.42 Å². The Morgan fingerprint density at radius 1 is 1.00 bits per heavy atom. The van der Waals surface area contributed by atoms with Gasteiger partial charge in [-0.05, 0) is 42.2 Å². The van der Waals surface area contributed by atoms with E-state index in [4.69, 9.17) is 0 Å². The Labute approximate surface area is 120 Å². The molecule has 0 heterocycles. The molecule has 2 aromatic rings. The van der Waals surface area contributed by atoms with Gasteiger partial charge in [-0.3, -0.25) is 4.72 Å². The Kier molecular flexibility index (Phi) is 4.14. The van der Waals surface area contributed by atoms with Crippen molar-refractivity contribution in [3.8, 4) is 0 Å².